The summed E-state index contributed by atoms with van der Waals surface area (Å²) in [5.74, 6) is 1.11. The zero-order valence-corrected chi connectivity index (χ0v) is 14.5. The molecule has 1 unspecified atom stereocenters. The number of hydrogen-bond donors (Lipinski definition) is 2. The van der Waals surface area contributed by atoms with Gasteiger partial charge in [-0.05, 0) is 29.3 Å². The molecular formula is C20H20N2O4. The molecule has 0 fully saturated rings. The van der Waals surface area contributed by atoms with Gasteiger partial charge in [-0.1, -0.05) is 24.3 Å². The van der Waals surface area contributed by atoms with E-state index in [2.05, 4.69) is 4.98 Å². The van der Waals surface area contributed by atoms with E-state index in [9.17, 15) is 4.79 Å². The van der Waals surface area contributed by atoms with Crippen LogP contribution in [0.5, 0.6) is 11.5 Å². The molecule has 2 aromatic carbocycles. The summed E-state index contributed by atoms with van der Waals surface area (Å²) in [6, 6.07) is 13.2. The quantitative estimate of drug-likeness (QED) is 0.689. The molecule has 26 heavy (non-hydrogen) atoms. The van der Waals surface area contributed by atoms with Crippen molar-refractivity contribution >= 4 is 16.9 Å². The lowest BCUT2D eigenvalue weighted by Gasteiger charge is -2.11. The zero-order valence-electron chi connectivity index (χ0n) is 14.5. The molecule has 6 nitrogen and oxygen atoms in total. The molecule has 1 aromatic heterocycles. The van der Waals surface area contributed by atoms with Crippen molar-refractivity contribution in [3.8, 4) is 11.5 Å². The Kier molecular flexibility index (Phi) is 4.26. The number of nitrogens with one attached hydrogen (secondary N) is 1. The van der Waals surface area contributed by atoms with Gasteiger partial charge < -0.3 is 24.9 Å². The smallest absolute Gasteiger partial charge is 0.322 e. The number of ether oxygens (including phenoxy) is 3. The number of nitrogens with two attached hydrogens (primary N) is 1. The molecule has 4 rings (SSSR count). The second-order valence-electron chi connectivity index (χ2n) is 6.33. The summed E-state index contributed by atoms with van der Waals surface area (Å²) in [5, 5.41) is 1.07. The van der Waals surface area contributed by atoms with Crippen LogP contribution in [0.1, 0.15) is 16.8 Å². The standard InChI is InChI=1S/C20H20N2O4/c1-24-20(23)15(21)10-14-13-4-2-3-5-16(13)22-17(14)8-12-6-7-18-19(9-12)26-11-25-18/h2-7,9,15,22H,8,10-11,21H2,1H3. The van der Waals surface area contributed by atoms with Gasteiger partial charge in [-0.25, -0.2) is 0 Å². The highest BCUT2D eigenvalue weighted by molar-refractivity contribution is 5.86. The van der Waals surface area contributed by atoms with Crippen LogP contribution in [-0.4, -0.2) is 30.9 Å². The van der Waals surface area contributed by atoms with E-state index in [-0.39, 0.29) is 6.79 Å². The maximum Gasteiger partial charge on any atom is 0.322 e. The number of hydrogen-bond acceptors (Lipinski definition) is 5. The first-order valence-electron chi connectivity index (χ1n) is 8.46. The van der Waals surface area contributed by atoms with Crippen LogP contribution in [0.25, 0.3) is 10.9 Å². The molecule has 0 amide bonds. The van der Waals surface area contributed by atoms with Gasteiger partial charge in [0.1, 0.15) is 6.04 Å². The fraction of sp³-hybridized carbons (Fsp3) is 0.250. The van der Waals surface area contributed by atoms with Crippen LogP contribution < -0.4 is 15.2 Å². The Morgan fingerprint density at radius 1 is 1.23 bits per heavy atom. The van der Waals surface area contributed by atoms with E-state index in [1.165, 1.54) is 7.11 Å². The highest BCUT2D eigenvalue weighted by atomic mass is 16.7. The average Bonchev–Trinajstić information content (AvgIpc) is 3.25. The van der Waals surface area contributed by atoms with Crippen LogP contribution in [0.3, 0.4) is 0 Å². The summed E-state index contributed by atoms with van der Waals surface area (Å²) in [5.41, 5.74) is 10.2. The average molecular weight is 352 g/mol. The van der Waals surface area contributed by atoms with Crippen LogP contribution in [-0.2, 0) is 22.4 Å². The molecule has 6 heteroatoms. The molecule has 1 aliphatic rings. The number of rotatable bonds is 5. The first kappa shape index (κ1) is 16.5. The van der Waals surface area contributed by atoms with Crippen molar-refractivity contribution < 1.29 is 19.0 Å². The highest BCUT2D eigenvalue weighted by Gasteiger charge is 2.21. The molecule has 134 valence electrons. The maximum absolute atomic E-state index is 11.8. The lowest BCUT2D eigenvalue weighted by atomic mass is 9.99. The molecule has 0 radical (unpaired) electrons. The number of carbonyl (C=O) groups excluding carboxylic acids is 1. The number of H-pyrrole nitrogens is 1. The second-order valence-corrected chi connectivity index (χ2v) is 6.33. The Bertz CT molecular complexity index is 964. The maximum atomic E-state index is 11.8. The molecule has 1 aliphatic heterocycles. The largest absolute Gasteiger partial charge is 0.468 e. The molecule has 2 heterocycles. The Labute approximate surface area is 150 Å². The lowest BCUT2D eigenvalue weighted by Crippen LogP contribution is -2.33. The van der Waals surface area contributed by atoms with Crippen LogP contribution in [0.2, 0.25) is 0 Å². The van der Waals surface area contributed by atoms with Gasteiger partial charge in [0.25, 0.3) is 0 Å². The zero-order chi connectivity index (χ0) is 18.1. The molecule has 0 bridgehead atoms. The van der Waals surface area contributed by atoms with E-state index in [0.717, 1.165) is 39.2 Å². The minimum atomic E-state index is -0.699. The van der Waals surface area contributed by atoms with Crippen molar-refractivity contribution in [3.63, 3.8) is 0 Å². The van der Waals surface area contributed by atoms with Gasteiger partial charge in [0, 0.05) is 29.4 Å². The normalized spacial score (nSPS) is 13.8. The fourth-order valence-corrected chi connectivity index (χ4v) is 3.35. The second kappa shape index (κ2) is 6.72. The van der Waals surface area contributed by atoms with E-state index in [4.69, 9.17) is 19.9 Å². The van der Waals surface area contributed by atoms with Gasteiger partial charge in [0.15, 0.2) is 11.5 Å². The topological polar surface area (TPSA) is 86.6 Å². The number of methoxy groups -OCH3 is 1. The number of fused-ring (bicyclic) bond motifs is 2. The predicted octanol–water partition coefficient (Wildman–Crippen LogP) is 2.53. The van der Waals surface area contributed by atoms with Gasteiger partial charge in [-0.15, -0.1) is 0 Å². The number of benzene rings is 2. The first-order chi connectivity index (χ1) is 12.7. The van der Waals surface area contributed by atoms with E-state index >= 15 is 0 Å². The van der Waals surface area contributed by atoms with Gasteiger partial charge in [-0.2, -0.15) is 0 Å². The number of para-hydroxylation sites is 1. The molecule has 1 atom stereocenters. The number of aromatic amines is 1. The van der Waals surface area contributed by atoms with Gasteiger partial charge >= 0.3 is 5.97 Å². The van der Waals surface area contributed by atoms with Crippen LogP contribution in [0, 0.1) is 0 Å². The number of esters is 1. The molecule has 0 saturated heterocycles. The summed E-state index contributed by atoms with van der Waals surface area (Å²) in [6.07, 6.45) is 1.09. The van der Waals surface area contributed by atoms with Crippen molar-refractivity contribution in [1.82, 2.24) is 4.98 Å². The van der Waals surface area contributed by atoms with Crippen molar-refractivity contribution in [1.29, 1.82) is 0 Å². The minimum absolute atomic E-state index is 0.254. The van der Waals surface area contributed by atoms with Crippen molar-refractivity contribution in [2.45, 2.75) is 18.9 Å². The Hall–Kier alpha value is -2.99. The van der Waals surface area contributed by atoms with Crippen molar-refractivity contribution in [2.75, 3.05) is 13.9 Å². The molecule has 3 N–H and O–H groups in total. The molecule has 3 aromatic rings. The third-order valence-corrected chi connectivity index (χ3v) is 4.65. The van der Waals surface area contributed by atoms with Gasteiger partial charge in [0.2, 0.25) is 6.79 Å². The molecule has 0 saturated carbocycles. The third-order valence-electron chi connectivity index (χ3n) is 4.65. The van der Waals surface area contributed by atoms with E-state index in [1.807, 2.05) is 42.5 Å². The van der Waals surface area contributed by atoms with Crippen molar-refractivity contribution in [3.05, 3.63) is 59.3 Å². The van der Waals surface area contributed by atoms with E-state index in [1.54, 1.807) is 0 Å². The summed E-state index contributed by atoms with van der Waals surface area (Å²) in [4.78, 5) is 15.2. The molecule has 0 aliphatic carbocycles. The monoisotopic (exact) mass is 352 g/mol. The third kappa shape index (κ3) is 2.99. The van der Waals surface area contributed by atoms with Crippen LogP contribution in [0.4, 0.5) is 0 Å². The van der Waals surface area contributed by atoms with Crippen molar-refractivity contribution in [2.24, 2.45) is 5.73 Å². The summed E-state index contributed by atoms with van der Waals surface area (Å²) < 4.78 is 15.6. The minimum Gasteiger partial charge on any atom is -0.468 e. The molecular weight excluding hydrogens is 332 g/mol. The Morgan fingerprint density at radius 2 is 2.04 bits per heavy atom. The first-order valence-corrected chi connectivity index (χ1v) is 8.46. The number of aromatic nitrogens is 1. The van der Waals surface area contributed by atoms with E-state index < -0.39 is 12.0 Å². The fourth-order valence-electron chi connectivity index (χ4n) is 3.35. The SMILES string of the molecule is COC(=O)C(N)Cc1c(Cc2ccc3c(c2)OCO3)[nH]c2ccccc12. The van der Waals surface area contributed by atoms with Gasteiger partial charge in [0.05, 0.1) is 7.11 Å². The van der Waals surface area contributed by atoms with Gasteiger partial charge in [-0.3, -0.25) is 4.79 Å². The Morgan fingerprint density at radius 3 is 2.88 bits per heavy atom. The van der Waals surface area contributed by atoms with Crippen LogP contribution >= 0.6 is 0 Å². The highest BCUT2D eigenvalue weighted by Crippen LogP contribution is 2.34. The Balaban J connectivity index is 1.69. The number of carbonyl (C=O) groups is 1. The molecule has 0 spiro atoms. The van der Waals surface area contributed by atoms with Crippen LogP contribution in [0.15, 0.2) is 42.5 Å². The predicted molar refractivity (Wildman–Crippen MR) is 97.4 cm³/mol. The lowest BCUT2D eigenvalue weighted by molar-refractivity contribution is -0.142. The summed E-state index contributed by atoms with van der Waals surface area (Å²) in [6.45, 7) is 0.254. The summed E-state index contributed by atoms with van der Waals surface area (Å²) >= 11 is 0. The summed E-state index contributed by atoms with van der Waals surface area (Å²) in [7, 11) is 1.35. The van der Waals surface area contributed by atoms with E-state index in [0.29, 0.717) is 12.8 Å².